The van der Waals surface area contributed by atoms with E-state index in [1.165, 1.54) is 12.1 Å². The lowest BCUT2D eigenvalue weighted by Gasteiger charge is -2.34. The van der Waals surface area contributed by atoms with Crippen molar-refractivity contribution in [3.8, 4) is 0 Å². The van der Waals surface area contributed by atoms with Gasteiger partial charge in [0.2, 0.25) is 5.91 Å². The first-order valence-electron chi connectivity index (χ1n) is 8.89. The highest BCUT2D eigenvalue weighted by molar-refractivity contribution is 5.84. The number of carbonyl (C=O) groups excluding carboxylic acids is 2. The van der Waals surface area contributed by atoms with Crippen LogP contribution in [0.4, 0.5) is 9.18 Å². The van der Waals surface area contributed by atoms with Gasteiger partial charge in [-0.3, -0.25) is 4.79 Å². The largest absolute Gasteiger partial charge is 0.350 e. The maximum absolute atomic E-state index is 12.8. The summed E-state index contributed by atoms with van der Waals surface area (Å²) in [5, 5.41) is 5.21. The van der Waals surface area contributed by atoms with Crippen molar-refractivity contribution in [3.63, 3.8) is 0 Å². The minimum absolute atomic E-state index is 0.0612. The van der Waals surface area contributed by atoms with E-state index >= 15 is 0 Å². The summed E-state index contributed by atoms with van der Waals surface area (Å²) >= 11 is 0. The molecule has 1 atom stereocenters. The summed E-state index contributed by atoms with van der Waals surface area (Å²) in [4.78, 5) is 25.9. The number of hydrogen-bond acceptors (Lipinski definition) is 4. The molecule has 0 bridgehead atoms. The molecule has 0 spiro atoms. The molecular weight excluding hydrogens is 341 g/mol. The fourth-order valence-corrected chi connectivity index (χ4v) is 3.22. The zero-order valence-corrected chi connectivity index (χ0v) is 14.6. The van der Waals surface area contributed by atoms with Crippen LogP contribution in [0.2, 0.25) is 0 Å². The molecule has 0 aromatic heterocycles. The Morgan fingerprint density at radius 3 is 2.62 bits per heavy atom. The highest BCUT2D eigenvalue weighted by Crippen LogP contribution is 2.24. The number of rotatable bonds is 5. The van der Waals surface area contributed by atoms with Gasteiger partial charge in [0.25, 0.3) is 0 Å². The minimum atomic E-state index is -0.432. The third-order valence-corrected chi connectivity index (χ3v) is 4.61. The van der Waals surface area contributed by atoms with Crippen LogP contribution in [0.25, 0.3) is 0 Å². The molecule has 8 heteroatoms. The van der Waals surface area contributed by atoms with Crippen molar-refractivity contribution < 1.29 is 23.5 Å². The number of nitrogens with one attached hydrogen (secondary N) is 2. The Balaban J connectivity index is 1.38. The molecule has 0 saturated carbocycles. The van der Waals surface area contributed by atoms with Gasteiger partial charge in [-0.05, 0) is 30.5 Å². The molecule has 1 aromatic carbocycles. The normalized spacial score (nSPS) is 20.8. The van der Waals surface area contributed by atoms with Gasteiger partial charge in [0, 0.05) is 25.6 Å². The Morgan fingerprint density at radius 2 is 1.88 bits per heavy atom. The third kappa shape index (κ3) is 5.15. The molecule has 0 aliphatic carbocycles. The second-order valence-electron chi connectivity index (χ2n) is 6.51. The topological polar surface area (TPSA) is 79.9 Å². The zero-order chi connectivity index (χ0) is 18.4. The number of nitrogens with zero attached hydrogens (tertiary/aromatic N) is 1. The van der Waals surface area contributed by atoms with Crippen LogP contribution in [0, 0.1) is 11.7 Å². The van der Waals surface area contributed by atoms with E-state index in [9.17, 15) is 14.0 Å². The van der Waals surface area contributed by atoms with E-state index in [4.69, 9.17) is 9.47 Å². The average Bonchev–Trinajstić information content (AvgIpc) is 3.20. The lowest BCUT2D eigenvalue weighted by atomic mass is 9.97. The summed E-state index contributed by atoms with van der Waals surface area (Å²) in [7, 11) is 0. The highest BCUT2D eigenvalue weighted by atomic mass is 19.1. The van der Waals surface area contributed by atoms with Crippen molar-refractivity contribution in [2.24, 2.45) is 5.92 Å². The van der Waals surface area contributed by atoms with Crippen molar-refractivity contribution in [3.05, 3.63) is 35.6 Å². The van der Waals surface area contributed by atoms with Crippen molar-refractivity contribution in [2.75, 3.05) is 32.8 Å². The number of hydrogen-bond donors (Lipinski definition) is 2. The monoisotopic (exact) mass is 365 g/mol. The molecular formula is C18H24FN3O4. The molecule has 3 amide bonds. The molecule has 142 valence electrons. The van der Waals surface area contributed by atoms with Crippen LogP contribution in [0.5, 0.6) is 0 Å². The first-order chi connectivity index (χ1) is 12.6. The van der Waals surface area contributed by atoms with Crippen LogP contribution in [0.3, 0.4) is 0 Å². The molecule has 7 nitrogen and oxygen atoms in total. The number of ether oxygens (including phenoxy) is 2. The van der Waals surface area contributed by atoms with Gasteiger partial charge < -0.3 is 25.0 Å². The molecule has 0 radical (unpaired) electrons. The summed E-state index contributed by atoms with van der Waals surface area (Å²) in [5.74, 6) is -0.260. The molecule has 3 rings (SSSR count). The summed E-state index contributed by atoms with van der Waals surface area (Å²) < 4.78 is 23.9. The second-order valence-corrected chi connectivity index (χ2v) is 6.51. The SMILES string of the molecule is O=C(NCC(=O)N1CCCC(C2OCCO2)C1)NCc1ccc(F)cc1. The molecule has 2 N–H and O–H groups in total. The summed E-state index contributed by atoms with van der Waals surface area (Å²) in [5.41, 5.74) is 0.781. The van der Waals surface area contributed by atoms with E-state index < -0.39 is 6.03 Å². The molecule has 1 unspecified atom stereocenters. The highest BCUT2D eigenvalue weighted by Gasteiger charge is 2.32. The van der Waals surface area contributed by atoms with Gasteiger partial charge in [0.15, 0.2) is 6.29 Å². The predicted octanol–water partition coefficient (Wildman–Crippen LogP) is 1.24. The van der Waals surface area contributed by atoms with E-state index in [1.54, 1.807) is 17.0 Å². The first-order valence-corrected chi connectivity index (χ1v) is 8.89. The minimum Gasteiger partial charge on any atom is -0.350 e. The Bertz CT molecular complexity index is 619. The van der Waals surface area contributed by atoms with Crippen LogP contribution in [-0.4, -0.2) is 56.0 Å². The van der Waals surface area contributed by atoms with Crippen LogP contribution in [-0.2, 0) is 20.8 Å². The summed E-state index contributed by atoms with van der Waals surface area (Å²) in [6.45, 7) is 2.68. The average molecular weight is 365 g/mol. The van der Waals surface area contributed by atoms with Crippen LogP contribution in [0.15, 0.2) is 24.3 Å². The molecule has 2 aliphatic rings. The fourth-order valence-electron chi connectivity index (χ4n) is 3.22. The van der Waals surface area contributed by atoms with Crippen LogP contribution < -0.4 is 10.6 Å². The van der Waals surface area contributed by atoms with Crippen molar-refractivity contribution in [1.82, 2.24) is 15.5 Å². The second kappa shape index (κ2) is 8.95. The van der Waals surface area contributed by atoms with Crippen LogP contribution in [0.1, 0.15) is 18.4 Å². The van der Waals surface area contributed by atoms with E-state index in [1.807, 2.05) is 0 Å². The number of benzene rings is 1. The molecule has 2 heterocycles. The van der Waals surface area contributed by atoms with E-state index in [-0.39, 0.29) is 37.0 Å². The fraction of sp³-hybridized carbons (Fsp3) is 0.556. The van der Waals surface area contributed by atoms with Crippen molar-refractivity contribution in [1.29, 1.82) is 0 Å². The van der Waals surface area contributed by atoms with Gasteiger partial charge in [-0.15, -0.1) is 0 Å². The molecule has 2 fully saturated rings. The molecule has 1 aromatic rings. The number of likely N-dealkylation sites (tertiary alicyclic amines) is 1. The van der Waals surface area contributed by atoms with Gasteiger partial charge in [0.05, 0.1) is 19.8 Å². The Kier molecular flexibility index (Phi) is 6.40. The Labute approximate surface area is 151 Å². The number of amides is 3. The number of halogens is 1. The quantitative estimate of drug-likeness (QED) is 0.823. The standard InChI is InChI=1S/C18H24FN3O4/c19-15-5-3-13(4-6-15)10-20-18(24)21-11-16(23)22-7-1-2-14(12-22)17-25-8-9-26-17/h3-6,14,17H,1-2,7-12H2,(H2,20,21,24). The van der Waals surface area contributed by atoms with Gasteiger partial charge in [-0.1, -0.05) is 12.1 Å². The van der Waals surface area contributed by atoms with E-state index in [0.717, 1.165) is 18.4 Å². The predicted molar refractivity (Wildman–Crippen MR) is 91.6 cm³/mol. The number of urea groups is 1. The maximum Gasteiger partial charge on any atom is 0.315 e. The third-order valence-electron chi connectivity index (χ3n) is 4.61. The molecule has 2 aliphatic heterocycles. The van der Waals surface area contributed by atoms with E-state index in [0.29, 0.717) is 26.3 Å². The molecule has 26 heavy (non-hydrogen) atoms. The summed E-state index contributed by atoms with van der Waals surface area (Å²) in [6, 6.07) is 5.44. The van der Waals surface area contributed by atoms with Crippen molar-refractivity contribution in [2.45, 2.75) is 25.7 Å². The smallest absolute Gasteiger partial charge is 0.315 e. The molecule has 2 saturated heterocycles. The maximum atomic E-state index is 12.8. The Hall–Kier alpha value is -2.19. The van der Waals surface area contributed by atoms with Gasteiger partial charge in [0.1, 0.15) is 5.82 Å². The zero-order valence-electron chi connectivity index (χ0n) is 14.6. The van der Waals surface area contributed by atoms with Crippen LogP contribution >= 0.6 is 0 Å². The van der Waals surface area contributed by atoms with Gasteiger partial charge in [-0.2, -0.15) is 0 Å². The van der Waals surface area contributed by atoms with E-state index in [2.05, 4.69) is 10.6 Å². The first kappa shape index (κ1) is 18.6. The van der Waals surface area contributed by atoms with Crippen molar-refractivity contribution >= 4 is 11.9 Å². The lowest BCUT2D eigenvalue weighted by molar-refractivity contribution is -0.138. The lowest BCUT2D eigenvalue weighted by Crippen LogP contribution is -2.48. The van der Waals surface area contributed by atoms with Gasteiger partial charge in [-0.25, -0.2) is 9.18 Å². The number of carbonyl (C=O) groups is 2. The summed E-state index contributed by atoms with van der Waals surface area (Å²) in [6.07, 6.45) is 1.65. The van der Waals surface area contributed by atoms with Gasteiger partial charge >= 0.3 is 6.03 Å². The number of piperidine rings is 1. The Morgan fingerprint density at radius 1 is 1.15 bits per heavy atom.